The van der Waals surface area contributed by atoms with Crippen molar-refractivity contribution in [3.8, 4) is 0 Å². The van der Waals surface area contributed by atoms with E-state index < -0.39 is 5.82 Å². The third-order valence-corrected chi connectivity index (χ3v) is 4.87. The van der Waals surface area contributed by atoms with Gasteiger partial charge in [-0.2, -0.15) is 0 Å². The average molecular weight is 347 g/mol. The number of likely N-dealkylation sites (N-methyl/N-ethyl adjacent to an activating group) is 1. The highest BCUT2D eigenvalue weighted by molar-refractivity contribution is 6.31. The van der Waals surface area contributed by atoms with E-state index in [1.807, 2.05) is 19.2 Å². The average Bonchev–Trinajstić information content (AvgIpc) is 2.61. The van der Waals surface area contributed by atoms with E-state index in [0.29, 0.717) is 0 Å². The molecule has 0 radical (unpaired) electrons. The van der Waals surface area contributed by atoms with E-state index in [2.05, 4.69) is 17.4 Å². The number of fused-ring (bicyclic) bond motifs is 1. The van der Waals surface area contributed by atoms with E-state index >= 15 is 0 Å². The van der Waals surface area contributed by atoms with Gasteiger partial charge in [0, 0.05) is 7.05 Å². The van der Waals surface area contributed by atoms with Gasteiger partial charge in [-0.05, 0) is 42.5 Å². The van der Waals surface area contributed by atoms with Gasteiger partial charge in [-0.15, -0.1) is 0 Å². The number of benzene rings is 2. The SMILES string of the molecule is CN(C(=O)CNc1cccc(Cl)c1F)C1CCCc2ccccc21. The minimum Gasteiger partial charge on any atom is -0.374 e. The first-order valence-corrected chi connectivity index (χ1v) is 8.47. The Kier molecular flexibility index (Phi) is 5.05. The Morgan fingerprint density at radius 1 is 1.29 bits per heavy atom. The number of rotatable bonds is 4. The molecule has 5 heteroatoms. The molecule has 126 valence electrons. The first-order chi connectivity index (χ1) is 11.6. The molecular formula is C19H20ClFN2O. The summed E-state index contributed by atoms with van der Waals surface area (Å²) in [6, 6.07) is 13.0. The zero-order valence-electron chi connectivity index (χ0n) is 13.6. The lowest BCUT2D eigenvalue weighted by Crippen LogP contribution is -2.37. The van der Waals surface area contributed by atoms with Crippen LogP contribution in [-0.2, 0) is 11.2 Å². The maximum absolute atomic E-state index is 13.9. The summed E-state index contributed by atoms with van der Waals surface area (Å²) in [5, 5.41) is 2.89. The van der Waals surface area contributed by atoms with Gasteiger partial charge >= 0.3 is 0 Å². The summed E-state index contributed by atoms with van der Waals surface area (Å²) in [6.07, 6.45) is 3.07. The van der Waals surface area contributed by atoms with Crippen LogP contribution in [0.3, 0.4) is 0 Å². The first-order valence-electron chi connectivity index (χ1n) is 8.09. The van der Waals surface area contributed by atoms with Crippen LogP contribution in [0, 0.1) is 5.82 Å². The molecule has 3 rings (SSSR count). The van der Waals surface area contributed by atoms with E-state index in [1.165, 1.54) is 17.2 Å². The van der Waals surface area contributed by atoms with Crippen LogP contribution in [0.5, 0.6) is 0 Å². The van der Waals surface area contributed by atoms with Gasteiger partial charge in [-0.1, -0.05) is 41.9 Å². The first kappa shape index (κ1) is 16.8. The Labute approximate surface area is 146 Å². The van der Waals surface area contributed by atoms with E-state index in [0.717, 1.165) is 19.3 Å². The number of carbonyl (C=O) groups is 1. The molecule has 0 spiro atoms. The Morgan fingerprint density at radius 3 is 2.92 bits per heavy atom. The van der Waals surface area contributed by atoms with Crippen molar-refractivity contribution in [1.82, 2.24) is 4.90 Å². The molecule has 3 nitrogen and oxygen atoms in total. The Morgan fingerprint density at radius 2 is 2.08 bits per heavy atom. The highest BCUT2D eigenvalue weighted by atomic mass is 35.5. The molecule has 1 atom stereocenters. The predicted octanol–water partition coefficient (Wildman–Crippen LogP) is 4.43. The second-order valence-corrected chi connectivity index (χ2v) is 6.47. The number of carbonyl (C=O) groups excluding carboxylic acids is 1. The van der Waals surface area contributed by atoms with E-state index in [4.69, 9.17) is 11.6 Å². The maximum atomic E-state index is 13.9. The van der Waals surface area contributed by atoms with Crippen LogP contribution in [0.25, 0.3) is 0 Å². The summed E-state index contributed by atoms with van der Waals surface area (Å²) < 4.78 is 13.9. The summed E-state index contributed by atoms with van der Waals surface area (Å²) in [4.78, 5) is 14.3. The number of halogens is 2. The van der Waals surface area contributed by atoms with Gasteiger partial charge in [-0.25, -0.2) is 4.39 Å². The molecule has 0 aliphatic heterocycles. The van der Waals surface area contributed by atoms with Crippen LogP contribution < -0.4 is 5.32 Å². The van der Waals surface area contributed by atoms with E-state index in [9.17, 15) is 9.18 Å². The van der Waals surface area contributed by atoms with Crippen LogP contribution in [0.4, 0.5) is 10.1 Å². The van der Waals surface area contributed by atoms with Gasteiger partial charge in [0.15, 0.2) is 5.82 Å². The number of hydrogen-bond acceptors (Lipinski definition) is 2. The van der Waals surface area contributed by atoms with Crippen molar-refractivity contribution in [2.75, 3.05) is 18.9 Å². The lowest BCUT2D eigenvalue weighted by atomic mass is 9.87. The topological polar surface area (TPSA) is 32.3 Å². The quantitative estimate of drug-likeness (QED) is 0.888. The molecule has 2 aromatic rings. The minimum atomic E-state index is -0.530. The predicted molar refractivity (Wildman–Crippen MR) is 94.8 cm³/mol. The van der Waals surface area contributed by atoms with Gasteiger partial charge in [-0.3, -0.25) is 4.79 Å². The maximum Gasteiger partial charge on any atom is 0.242 e. The lowest BCUT2D eigenvalue weighted by molar-refractivity contribution is -0.130. The summed E-state index contributed by atoms with van der Waals surface area (Å²) in [5.41, 5.74) is 2.77. The van der Waals surface area contributed by atoms with E-state index in [-0.39, 0.29) is 29.2 Å². The number of nitrogens with zero attached hydrogens (tertiary/aromatic N) is 1. The van der Waals surface area contributed by atoms with Gasteiger partial charge in [0.05, 0.1) is 23.3 Å². The smallest absolute Gasteiger partial charge is 0.242 e. The number of hydrogen-bond donors (Lipinski definition) is 1. The third kappa shape index (κ3) is 3.39. The van der Waals surface area contributed by atoms with Crippen LogP contribution in [0.15, 0.2) is 42.5 Å². The summed E-state index contributed by atoms with van der Waals surface area (Å²) >= 11 is 5.76. The standard InChI is InChI=1S/C19H20ClFN2O/c1-23(17-11-4-7-13-6-2-3-8-14(13)17)18(24)12-22-16-10-5-9-15(20)19(16)21/h2-3,5-6,8-10,17,22H,4,7,11-12H2,1H3. The molecule has 1 aliphatic rings. The van der Waals surface area contributed by atoms with Crippen molar-refractivity contribution in [3.05, 3.63) is 64.4 Å². The fourth-order valence-corrected chi connectivity index (χ4v) is 3.41. The highest BCUT2D eigenvalue weighted by Gasteiger charge is 2.26. The molecule has 0 saturated carbocycles. The van der Waals surface area contributed by atoms with Gasteiger partial charge in [0.2, 0.25) is 5.91 Å². The largest absolute Gasteiger partial charge is 0.374 e. The molecule has 0 saturated heterocycles. The zero-order chi connectivity index (χ0) is 17.1. The van der Waals surface area contributed by atoms with Crippen molar-refractivity contribution < 1.29 is 9.18 Å². The number of nitrogens with one attached hydrogen (secondary N) is 1. The molecule has 24 heavy (non-hydrogen) atoms. The van der Waals surface area contributed by atoms with Crippen LogP contribution in [0.2, 0.25) is 5.02 Å². The van der Waals surface area contributed by atoms with Gasteiger partial charge in [0.25, 0.3) is 0 Å². The fraction of sp³-hybridized carbons (Fsp3) is 0.316. The summed E-state index contributed by atoms with van der Waals surface area (Å²) in [7, 11) is 1.81. The molecule has 0 fully saturated rings. The summed E-state index contributed by atoms with van der Waals surface area (Å²) in [5.74, 6) is -0.603. The minimum absolute atomic E-state index is 0.0342. The molecule has 1 amide bonds. The second kappa shape index (κ2) is 7.22. The Bertz CT molecular complexity index is 750. The number of amides is 1. The molecule has 1 aliphatic carbocycles. The van der Waals surface area contributed by atoms with Crippen LogP contribution >= 0.6 is 11.6 Å². The third-order valence-electron chi connectivity index (χ3n) is 4.58. The Hall–Kier alpha value is -2.07. The molecular weight excluding hydrogens is 327 g/mol. The second-order valence-electron chi connectivity index (χ2n) is 6.07. The highest BCUT2D eigenvalue weighted by Crippen LogP contribution is 2.33. The van der Waals surface area contributed by atoms with E-state index in [1.54, 1.807) is 17.0 Å². The van der Waals surface area contributed by atoms with Crippen molar-refractivity contribution in [3.63, 3.8) is 0 Å². The summed E-state index contributed by atoms with van der Waals surface area (Å²) in [6.45, 7) is 0.0342. The molecule has 0 bridgehead atoms. The fourth-order valence-electron chi connectivity index (χ4n) is 3.24. The molecule has 0 heterocycles. The monoisotopic (exact) mass is 346 g/mol. The van der Waals surface area contributed by atoms with Gasteiger partial charge < -0.3 is 10.2 Å². The molecule has 2 aromatic carbocycles. The molecule has 1 N–H and O–H groups in total. The molecule has 1 unspecified atom stereocenters. The normalized spacial score (nSPS) is 16.4. The number of anilines is 1. The van der Waals surface area contributed by atoms with Crippen molar-refractivity contribution >= 4 is 23.2 Å². The van der Waals surface area contributed by atoms with Gasteiger partial charge in [0.1, 0.15) is 0 Å². The Balaban J connectivity index is 1.69. The van der Waals surface area contributed by atoms with Crippen molar-refractivity contribution in [2.24, 2.45) is 0 Å². The molecule has 0 aromatic heterocycles. The van der Waals surface area contributed by atoms with Crippen LogP contribution in [-0.4, -0.2) is 24.4 Å². The van der Waals surface area contributed by atoms with Crippen molar-refractivity contribution in [1.29, 1.82) is 0 Å². The van der Waals surface area contributed by atoms with Crippen LogP contribution in [0.1, 0.15) is 30.0 Å². The lowest BCUT2D eigenvalue weighted by Gasteiger charge is -2.33. The van der Waals surface area contributed by atoms with Crippen molar-refractivity contribution in [2.45, 2.75) is 25.3 Å². The zero-order valence-corrected chi connectivity index (χ0v) is 14.3. The number of aryl methyl sites for hydroxylation is 1.